The molecule has 0 aliphatic heterocycles. The minimum absolute atomic E-state index is 0.0232. The van der Waals surface area contributed by atoms with Gasteiger partial charge in [-0.3, -0.25) is 9.59 Å². The Labute approximate surface area is 164 Å². The summed E-state index contributed by atoms with van der Waals surface area (Å²) in [6.45, 7) is 4.57. The second-order valence-corrected chi connectivity index (χ2v) is 6.69. The summed E-state index contributed by atoms with van der Waals surface area (Å²) in [6, 6.07) is 15.2. The van der Waals surface area contributed by atoms with Crippen molar-refractivity contribution in [3.05, 3.63) is 71.0 Å². The van der Waals surface area contributed by atoms with Crippen LogP contribution in [0.15, 0.2) is 48.5 Å². The fourth-order valence-corrected chi connectivity index (χ4v) is 2.84. The first-order valence-corrected chi connectivity index (χ1v) is 9.37. The van der Waals surface area contributed by atoms with E-state index >= 15 is 0 Å². The third kappa shape index (κ3) is 5.13. The Morgan fingerprint density at radius 2 is 1.54 bits per heavy atom. The molecule has 2 aromatic carbocycles. The van der Waals surface area contributed by atoms with Crippen molar-refractivity contribution in [2.45, 2.75) is 26.7 Å². The lowest BCUT2D eigenvalue weighted by atomic mass is 10.1. The molecule has 0 atom stereocenters. The van der Waals surface area contributed by atoms with E-state index in [4.69, 9.17) is 0 Å². The van der Waals surface area contributed by atoms with Crippen molar-refractivity contribution in [3.8, 4) is 0 Å². The maximum absolute atomic E-state index is 12.3. The zero-order chi connectivity index (χ0) is 19.9. The summed E-state index contributed by atoms with van der Waals surface area (Å²) in [6.07, 6.45) is 1.14. The average molecular weight is 376 g/mol. The molecule has 3 rings (SSSR count). The van der Waals surface area contributed by atoms with Gasteiger partial charge in [-0.05, 0) is 44.0 Å². The molecule has 0 spiro atoms. The van der Waals surface area contributed by atoms with Crippen molar-refractivity contribution in [2.24, 2.45) is 0 Å². The van der Waals surface area contributed by atoms with E-state index in [0.717, 1.165) is 22.5 Å². The number of nitrogens with one attached hydrogen (secondary N) is 2. The third-order valence-corrected chi connectivity index (χ3v) is 4.55. The monoisotopic (exact) mass is 376 g/mol. The predicted octanol–water partition coefficient (Wildman–Crippen LogP) is 2.73. The first-order valence-electron chi connectivity index (χ1n) is 9.37. The van der Waals surface area contributed by atoms with E-state index in [2.05, 4.69) is 20.6 Å². The van der Waals surface area contributed by atoms with Crippen LogP contribution < -0.4 is 10.6 Å². The average Bonchev–Trinajstić information content (AvgIpc) is 2.71. The second kappa shape index (κ2) is 9.08. The summed E-state index contributed by atoms with van der Waals surface area (Å²) < 4.78 is 0. The molecule has 2 N–H and O–H groups in total. The Morgan fingerprint density at radius 3 is 2.29 bits per heavy atom. The molecule has 28 heavy (non-hydrogen) atoms. The van der Waals surface area contributed by atoms with Gasteiger partial charge < -0.3 is 10.6 Å². The minimum Gasteiger partial charge on any atom is -0.354 e. The Morgan fingerprint density at radius 1 is 0.857 bits per heavy atom. The van der Waals surface area contributed by atoms with Crippen molar-refractivity contribution in [1.82, 2.24) is 20.6 Å². The topological polar surface area (TPSA) is 84.0 Å². The van der Waals surface area contributed by atoms with Crippen LogP contribution in [0.2, 0.25) is 0 Å². The van der Waals surface area contributed by atoms with Gasteiger partial charge in [0.2, 0.25) is 5.91 Å². The Hall–Kier alpha value is -3.28. The number of aromatic nitrogens is 2. The molecule has 0 saturated carbocycles. The molecule has 3 aromatic rings. The van der Waals surface area contributed by atoms with Crippen molar-refractivity contribution < 1.29 is 9.59 Å². The summed E-state index contributed by atoms with van der Waals surface area (Å²) in [4.78, 5) is 33.2. The van der Waals surface area contributed by atoms with Crippen molar-refractivity contribution >= 4 is 22.8 Å². The number of rotatable bonds is 7. The highest BCUT2D eigenvalue weighted by Crippen LogP contribution is 2.14. The highest BCUT2D eigenvalue weighted by Gasteiger charge is 2.09. The summed E-state index contributed by atoms with van der Waals surface area (Å²) in [5.74, 6) is -0.217. The molecule has 0 aliphatic rings. The van der Waals surface area contributed by atoms with E-state index in [1.54, 1.807) is 18.2 Å². The van der Waals surface area contributed by atoms with E-state index in [1.165, 1.54) is 0 Å². The number of carbonyl (C=O) groups excluding carboxylic acids is 2. The Balaban J connectivity index is 1.44. The van der Waals surface area contributed by atoms with Crippen LogP contribution in [0.1, 0.15) is 33.7 Å². The fourth-order valence-electron chi connectivity index (χ4n) is 2.84. The molecule has 1 heterocycles. The standard InChI is InChI=1S/C22H24N4O2/c1-15-16(2)26-20-14-18(9-10-19(20)25-15)22(28)24-13-12-23-21(27)11-8-17-6-4-3-5-7-17/h3-7,9-10,14H,8,11-13H2,1-2H3,(H,23,27)(H,24,28). The van der Waals surface area contributed by atoms with Crippen molar-refractivity contribution in [3.63, 3.8) is 0 Å². The maximum Gasteiger partial charge on any atom is 0.251 e. The normalized spacial score (nSPS) is 10.6. The van der Waals surface area contributed by atoms with Crippen LogP contribution >= 0.6 is 0 Å². The third-order valence-electron chi connectivity index (χ3n) is 4.55. The molecule has 0 aliphatic carbocycles. The van der Waals surface area contributed by atoms with Gasteiger partial charge in [0.25, 0.3) is 5.91 Å². The molecule has 6 heteroatoms. The quantitative estimate of drug-likeness (QED) is 0.621. The largest absolute Gasteiger partial charge is 0.354 e. The summed E-state index contributed by atoms with van der Waals surface area (Å²) in [5.41, 5.74) is 4.86. The van der Waals surface area contributed by atoms with E-state index in [1.807, 2.05) is 44.2 Å². The van der Waals surface area contributed by atoms with Crippen molar-refractivity contribution in [2.75, 3.05) is 13.1 Å². The molecule has 0 radical (unpaired) electrons. The first kappa shape index (κ1) is 19.5. The maximum atomic E-state index is 12.3. The summed E-state index contributed by atoms with van der Waals surface area (Å²) in [5, 5.41) is 5.64. The molecule has 6 nitrogen and oxygen atoms in total. The number of carbonyl (C=O) groups is 2. The molecule has 144 valence electrons. The summed E-state index contributed by atoms with van der Waals surface area (Å²) >= 11 is 0. The number of amides is 2. The van der Waals surface area contributed by atoms with Gasteiger partial charge in [0.05, 0.1) is 22.4 Å². The molecule has 0 saturated heterocycles. The van der Waals surface area contributed by atoms with E-state index in [0.29, 0.717) is 37.0 Å². The summed E-state index contributed by atoms with van der Waals surface area (Å²) in [7, 11) is 0. The Bertz CT molecular complexity index is 986. The van der Waals surface area contributed by atoms with E-state index in [-0.39, 0.29) is 11.8 Å². The van der Waals surface area contributed by atoms with Crippen LogP contribution in [0.5, 0.6) is 0 Å². The van der Waals surface area contributed by atoms with Crippen LogP contribution in [0, 0.1) is 13.8 Å². The van der Waals surface area contributed by atoms with Crippen LogP contribution in [0.3, 0.4) is 0 Å². The number of hydrogen-bond donors (Lipinski definition) is 2. The molecular formula is C22H24N4O2. The molecule has 0 bridgehead atoms. The number of hydrogen-bond acceptors (Lipinski definition) is 4. The predicted molar refractivity (Wildman–Crippen MR) is 109 cm³/mol. The fraction of sp³-hybridized carbons (Fsp3) is 0.273. The van der Waals surface area contributed by atoms with Gasteiger partial charge in [-0.25, -0.2) is 9.97 Å². The molecule has 0 unspecified atom stereocenters. The SMILES string of the molecule is Cc1nc2ccc(C(=O)NCCNC(=O)CCc3ccccc3)cc2nc1C. The minimum atomic E-state index is -0.194. The molecule has 0 fully saturated rings. The first-order chi connectivity index (χ1) is 13.5. The van der Waals surface area contributed by atoms with Gasteiger partial charge in [-0.2, -0.15) is 0 Å². The molecule has 2 amide bonds. The van der Waals surface area contributed by atoms with Gasteiger partial charge in [0.15, 0.2) is 0 Å². The van der Waals surface area contributed by atoms with E-state index in [9.17, 15) is 9.59 Å². The highest BCUT2D eigenvalue weighted by molar-refractivity contribution is 5.97. The smallest absolute Gasteiger partial charge is 0.251 e. The van der Waals surface area contributed by atoms with Crippen LogP contribution in [-0.2, 0) is 11.2 Å². The number of fused-ring (bicyclic) bond motifs is 1. The number of benzene rings is 2. The Kier molecular flexibility index (Phi) is 6.32. The van der Waals surface area contributed by atoms with E-state index < -0.39 is 0 Å². The van der Waals surface area contributed by atoms with Crippen LogP contribution in [0.25, 0.3) is 11.0 Å². The lowest BCUT2D eigenvalue weighted by Gasteiger charge is -2.08. The van der Waals surface area contributed by atoms with Crippen LogP contribution in [-0.4, -0.2) is 34.9 Å². The van der Waals surface area contributed by atoms with Gasteiger partial charge in [-0.1, -0.05) is 30.3 Å². The van der Waals surface area contributed by atoms with Gasteiger partial charge in [-0.15, -0.1) is 0 Å². The highest BCUT2D eigenvalue weighted by atomic mass is 16.2. The van der Waals surface area contributed by atoms with Gasteiger partial charge in [0.1, 0.15) is 0 Å². The van der Waals surface area contributed by atoms with Gasteiger partial charge >= 0.3 is 0 Å². The van der Waals surface area contributed by atoms with Crippen LogP contribution in [0.4, 0.5) is 0 Å². The molecule has 1 aromatic heterocycles. The zero-order valence-electron chi connectivity index (χ0n) is 16.2. The zero-order valence-corrected chi connectivity index (χ0v) is 16.2. The molecular weight excluding hydrogens is 352 g/mol. The lowest BCUT2D eigenvalue weighted by molar-refractivity contribution is -0.121. The number of aryl methyl sites for hydroxylation is 3. The lowest BCUT2D eigenvalue weighted by Crippen LogP contribution is -2.34. The van der Waals surface area contributed by atoms with Crippen molar-refractivity contribution in [1.29, 1.82) is 0 Å². The van der Waals surface area contributed by atoms with Gasteiger partial charge in [0, 0.05) is 25.1 Å². The number of nitrogens with zero attached hydrogens (tertiary/aromatic N) is 2. The second-order valence-electron chi connectivity index (χ2n) is 6.69.